The maximum atomic E-state index is 12.6. The number of carbonyl (C=O) groups excluding carboxylic acids is 1. The van der Waals surface area contributed by atoms with Gasteiger partial charge in [-0.05, 0) is 42.9 Å². The van der Waals surface area contributed by atoms with Gasteiger partial charge in [0.15, 0.2) is 5.11 Å². The van der Waals surface area contributed by atoms with Crippen LogP contribution in [0.1, 0.15) is 25.5 Å². The van der Waals surface area contributed by atoms with Crippen LogP contribution in [0.2, 0.25) is 0 Å². The Morgan fingerprint density at radius 2 is 2.00 bits per heavy atom. The lowest BCUT2D eigenvalue weighted by molar-refractivity contribution is -0.139. The van der Waals surface area contributed by atoms with E-state index in [-0.39, 0.29) is 5.97 Å². The fourth-order valence-corrected chi connectivity index (χ4v) is 3.41. The lowest BCUT2D eigenvalue weighted by Gasteiger charge is -2.31. The molecule has 5 nitrogen and oxygen atoms in total. The van der Waals surface area contributed by atoms with Gasteiger partial charge in [-0.1, -0.05) is 30.3 Å². The number of rotatable bonds is 4. The van der Waals surface area contributed by atoms with Gasteiger partial charge in [0.05, 0.1) is 25.3 Å². The summed E-state index contributed by atoms with van der Waals surface area (Å²) in [5, 5.41) is 8.74. The number of thiocarbonyl (C=S) groups is 1. The minimum atomic E-state index is -0.450. The SMILES string of the molecule is CCOC(=O)C1=C(C)NC(=S)NC1c1c(OC)ccc2ccccc12. The molecule has 1 aliphatic heterocycles. The molecule has 1 aliphatic rings. The third kappa shape index (κ3) is 3.17. The first-order valence-corrected chi connectivity index (χ1v) is 8.48. The highest BCUT2D eigenvalue weighted by molar-refractivity contribution is 7.80. The van der Waals surface area contributed by atoms with Gasteiger partial charge in [-0.2, -0.15) is 0 Å². The highest BCUT2D eigenvalue weighted by atomic mass is 32.1. The number of hydrogen-bond acceptors (Lipinski definition) is 4. The summed E-state index contributed by atoms with van der Waals surface area (Å²) in [6.07, 6.45) is 0. The third-order valence-electron chi connectivity index (χ3n) is 4.20. The summed E-state index contributed by atoms with van der Waals surface area (Å²) < 4.78 is 10.9. The van der Waals surface area contributed by atoms with Crippen molar-refractivity contribution in [2.75, 3.05) is 13.7 Å². The Morgan fingerprint density at radius 3 is 2.72 bits per heavy atom. The molecule has 0 fully saturated rings. The zero-order chi connectivity index (χ0) is 18.0. The fourth-order valence-electron chi connectivity index (χ4n) is 3.14. The average Bonchev–Trinajstić information content (AvgIpc) is 2.60. The van der Waals surface area contributed by atoms with E-state index in [2.05, 4.69) is 10.6 Å². The van der Waals surface area contributed by atoms with Crippen LogP contribution in [0.15, 0.2) is 47.7 Å². The molecule has 1 heterocycles. The molecule has 1 atom stereocenters. The maximum absolute atomic E-state index is 12.6. The fraction of sp³-hybridized carbons (Fsp3) is 0.263. The van der Waals surface area contributed by atoms with E-state index in [1.54, 1.807) is 14.0 Å². The highest BCUT2D eigenvalue weighted by Gasteiger charge is 2.33. The van der Waals surface area contributed by atoms with Gasteiger partial charge >= 0.3 is 5.97 Å². The molecule has 25 heavy (non-hydrogen) atoms. The molecule has 0 bridgehead atoms. The summed E-state index contributed by atoms with van der Waals surface area (Å²) in [6.45, 7) is 3.92. The van der Waals surface area contributed by atoms with E-state index in [1.807, 2.05) is 43.3 Å². The molecule has 0 saturated heterocycles. The monoisotopic (exact) mass is 356 g/mol. The molecule has 0 aliphatic carbocycles. The predicted octanol–water partition coefficient (Wildman–Crippen LogP) is 3.20. The molecule has 6 heteroatoms. The minimum Gasteiger partial charge on any atom is -0.496 e. The van der Waals surface area contributed by atoms with E-state index in [4.69, 9.17) is 21.7 Å². The molecule has 3 rings (SSSR count). The van der Waals surface area contributed by atoms with E-state index in [9.17, 15) is 4.79 Å². The predicted molar refractivity (Wildman–Crippen MR) is 101 cm³/mol. The molecular formula is C19H20N2O3S. The molecule has 2 aromatic carbocycles. The van der Waals surface area contributed by atoms with Crippen molar-refractivity contribution in [3.8, 4) is 5.75 Å². The van der Waals surface area contributed by atoms with Gasteiger partial charge in [0.2, 0.25) is 0 Å². The topological polar surface area (TPSA) is 59.6 Å². The van der Waals surface area contributed by atoms with Gasteiger partial charge in [0.1, 0.15) is 5.75 Å². The van der Waals surface area contributed by atoms with Crippen molar-refractivity contribution in [1.29, 1.82) is 0 Å². The third-order valence-corrected chi connectivity index (χ3v) is 4.42. The number of methoxy groups -OCH3 is 1. The van der Waals surface area contributed by atoms with Gasteiger partial charge in [0.25, 0.3) is 0 Å². The van der Waals surface area contributed by atoms with Gasteiger partial charge in [-0.25, -0.2) is 4.79 Å². The molecule has 0 aromatic heterocycles. The molecule has 0 spiro atoms. The summed E-state index contributed by atoms with van der Waals surface area (Å²) >= 11 is 5.32. The summed E-state index contributed by atoms with van der Waals surface area (Å²) in [6, 6.07) is 11.4. The smallest absolute Gasteiger partial charge is 0.338 e. The Bertz CT molecular complexity index is 876. The molecule has 1 unspecified atom stereocenters. The van der Waals surface area contributed by atoms with Crippen molar-refractivity contribution < 1.29 is 14.3 Å². The van der Waals surface area contributed by atoms with Crippen LogP contribution in [-0.4, -0.2) is 24.8 Å². The van der Waals surface area contributed by atoms with Crippen molar-refractivity contribution in [3.05, 3.63) is 53.2 Å². The molecular weight excluding hydrogens is 336 g/mol. The minimum absolute atomic E-state index is 0.305. The first kappa shape index (κ1) is 17.2. The lowest BCUT2D eigenvalue weighted by Crippen LogP contribution is -2.45. The molecule has 0 radical (unpaired) electrons. The van der Waals surface area contributed by atoms with Crippen molar-refractivity contribution in [3.63, 3.8) is 0 Å². The van der Waals surface area contributed by atoms with Gasteiger partial charge in [-0.15, -0.1) is 0 Å². The Kier molecular flexibility index (Phi) is 4.90. The van der Waals surface area contributed by atoms with E-state index in [1.165, 1.54) is 0 Å². The first-order chi connectivity index (χ1) is 12.1. The largest absolute Gasteiger partial charge is 0.496 e. The second-order valence-electron chi connectivity index (χ2n) is 5.69. The van der Waals surface area contributed by atoms with E-state index in [0.29, 0.717) is 28.7 Å². The van der Waals surface area contributed by atoms with Crippen LogP contribution in [0, 0.1) is 0 Å². The van der Waals surface area contributed by atoms with Crippen LogP contribution in [-0.2, 0) is 9.53 Å². The number of carbonyl (C=O) groups is 1. The van der Waals surface area contributed by atoms with Crippen molar-refractivity contribution >= 4 is 34.1 Å². The average molecular weight is 356 g/mol. The molecule has 2 aromatic rings. The van der Waals surface area contributed by atoms with Crippen LogP contribution in [0.3, 0.4) is 0 Å². The standard InChI is InChI=1S/C19H20N2O3S/c1-4-24-18(22)15-11(2)20-19(25)21-17(15)16-13-8-6-5-7-12(13)9-10-14(16)23-3/h5-10,17H,4H2,1-3H3,(H2,20,21,25). The second-order valence-corrected chi connectivity index (χ2v) is 6.10. The zero-order valence-corrected chi connectivity index (χ0v) is 15.2. The Hall–Kier alpha value is -2.60. The second kappa shape index (κ2) is 7.11. The van der Waals surface area contributed by atoms with E-state index < -0.39 is 6.04 Å². The lowest BCUT2D eigenvalue weighted by atomic mass is 9.90. The first-order valence-electron chi connectivity index (χ1n) is 8.07. The number of nitrogens with one attached hydrogen (secondary N) is 2. The normalized spacial score (nSPS) is 17.1. The Morgan fingerprint density at radius 1 is 1.24 bits per heavy atom. The highest BCUT2D eigenvalue weighted by Crippen LogP contribution is 2.38. The summed E-state index contributed by atoms with van der Waals surface area (Å²) in [5.74, 6) is 0.318. The maximum Gasteiger partial charge on any atom is 0.338 e. The van der Waals surface area contributed by atoms with Crippen LogP contribution in [0.25, 0.3) is 10.8 Å². The van der Waals surface area contributed by atoms with E-state index >= 15 is 0 Å². The van der Waals surface area contributed by atoms with Crippen LogP contribution < -0.4 is 15.4 Å². The van der Waals surface area contributed by atoms with Gasteiger partial charge in [0, 0.05) is 11.3 Å². The van der Waals surface area contributed by atoms with Gasteiger partial charge in [-0.3, -0.25) is 0 Å². The van der Waals surface area contributed by atoms with Crippen molar-refractivity contribution in [1.82, 2.24) is 10.6 Å². The van der Waals surface area contributed by atoms with Crippen LogP contribution in [0.5, 0.6) is 5.75 Å². The zero-order valence-electron chi connectivity index (χ0n) is 14.4. The molecule has 0 saturated carbocycles. The number of esters is 1. The summed E-state index contributed by atoms with van der Waals surface area (Å²) in [5.41, 5.74) is 2.05. The van der Waals surface area contributed by atoms with Crippen LogP contribution in [0.4, 0.5) is 0 Å². The van der Waals surface area contributed by atoms with Crippen molar-refractivity contribution in [2.24, 2.45) is 0 Å². The number of allylic oxidation sites excluding steroid dienone is 1. The number of hydrogen-bond donors (Lipinski definition) is 2. The number of fused-ring (bicyclic) bond motifs is 1. The van der Waals surface area contributed by atoms with E-state index in [0.717, 1.165) is 16.3 Å². The molecule has 0 amide bonds. The van der Waals surface area contributed by atoms with Gasteiger partial charge < -0.3 is 20.1 Å². The number of ether oxygens (including phenoxy) is 2. The Labute approximate surface area is 152 Å². The van der Waals surface area contributed by atoms with Crippen LogP contribution >= 0.6 is 12.2 Å². The Balaban J connectivity index is 2.25. The summed E-state index contributed by atoms with van der Waals surface area (Å²) in [7, 11) is 1.62. The molecule has 2 N–H and O–H groups in total. The molecule has 130 valence electrons. The van der Waals surface area contributed by atoms with Crippen molar-refractivity contribution in [2.45, 2.75) is 19.9 Å². The quantitative estimate of drug-likeness (QED) is 0.648. The number of benzene rings is 2. The summed E-state index contributed by atoms with van der Waals surface area (Å²) in [4.78, 5) is 12.6.